The lowest BCUT2D eigenvalue weighted by Crippen LogP contribution is -2.03. The standard InChI is InChI=1S/C13H19NO4/c1-7(2)6-9-11(13(15)16)18-12(14-9)10-5-4-8(3)17-10/h7-8,10H,4-6H2,1-3H3,(H,15,16). The van der Waals surface area contributed by atoms with Crippen molar-refractivity contribution in [2.45, 2.75) is 52.2 Å². The van der Waals surface area contributed by atoms with Gasteiger partial charge in [-0.25, -0.2) is 9.78 Å². The average Bonchev–Trinajstić information content (AvgIpc) is 2.83. The zero-order valence-electron chi connectivity index (χ0n) is 11.0. The highest BCUT2D eigenvalue weighted by atomic mass is 16.5. The van der Waals surface area contributed by atoms with Gasteiger partial charge in [0, 0.05) is 0 Å². The molecular weight excluding hydrogens is 234 g/mol. The highest BCUT2D eigenvalue weighted by Gasteiger charge is 2.30. The maximum atomic E-state index is 11.1. The number of aromatic nitrogens is 1. The molecule has 0 aromatic carbocycles. The van der Waals surface area contributed by atoms with Crippen molar-refractivity contribution in [1.29, 1.82) is 0 Å². The summed E-state index contributed by atoms with van der Waals surface area (Å²) >= 11 is 0. The van der Waals surface area contributed by atoms with Crippen molar-refractivity contribution in [3.05, 3.63) is 17.3 Å². The Morgan fingerprint density at radius 3 is 2.72 bits per heavy atom. The van der Waals surface area contributed by atoms with Gasteiger partial charge in [-0.15, -0.1) is 0 Å². The third-order valence-corrected chi connectivity index (χ3v) is 3.02. The van der Waals surface area contributed by atoms with Crippen molar-refractivity contribution in [2.24, 2.45) is 5.92 Å². The Kier molecular flexibility index (Phi) is 3.71. The normalized spacial score (nSPS) is 23.8. The van der Waals surface area contributed by atoms with E-state index in [9.17, 15) is 4.79 Å². The van der Waals surface area contributed by atoms with Crippen LogP contribution in [0, 0.1) is 5.92 Å². The first-order valence-electron chi connectivity index (χ1n) is 6.35. The lowest BCUT2D eigenvalue weighted by Gasteiger charge is -2.05. The highest BCUT2D eigenvalue weighted by Crippen LogP contribution is 2.33. The zero-order valence-corrected chi connectivity index (χ0v) is 11.0. The fourth-order valence-corrected chi connectivity index (χ4v) is 2.18. The highest BCUT2D eigenvalue weighted by molar-refractivity contribution is 5.85. The van der Waals surface area contributed by atoms with Crippen LogP contribution in [0.15, 0.2) is 4.42 Å². The molecule has 0 bridgehead atoms. The third kappa shape index (κ3) is 2.72. The van der Waals surface area contributed by atoms with Crippen LogP contribution >= 0.6 is 0 Å². The summed E-state index contributed by atoms with van der Waals surface area (Å²) in [4.78, 5) is 15.4. The first-order chi connectivity index (χ1) is 8.47. The molecule has 1 N–H and O–H groups in total. The lowest BCUT2D eigenvalue weighted by atomic mass is 10.1. The van der Waals surface area contributed by atoms with Crippen molar-refractivity contribution in [1.82, 2.24) is 4.98 Å². The Morgan fingerprint density at radius 1 is 1.50 bits per heavy atom. The smallest absolute Gasteiger partial charge is 0.373 e. The molecule has 0 saturated carbocycles. The average molecular weight is 253 g/mol. The number of hydrogen-bond acceptors (Lipinski definition) is 4. The van der Waals surface area contributed by atoms with Gasteiger partial charge in [0.2, 0.25) is 11.7 Å². The van der Waals surface area contributed by atoms with E-state index in [1.807, 2.05) is 20.8 Å². The summed E-state index contributed by atoms with van der Waals surface area (Å²) in [6.07, 6.45) is 2.38. The molecule has 1 fully saturated rings. The number of carbonyl (C=O) groups is 1. The number of aromatic carboxylic acids is 1. The van der Waals surface area contributed by atoms with Gasteiger partial charge in [0.15, 0.2) is 0 Å². The number of hydrogen-bond donors (Lipinski definition) is 1. The number of nitrogens with zero attached hydrogens (tertiary/aromatic N) is 1. The Bertz CT molecular complexity index is 438. The number of oxazole rings is 1. The van der Waals surface area contributed by atoms with E-state index in [2.05, 4.69) is 4.98 Å². The van der Waals surface area contributed by atoms with E-state index >= 15 is 0 Å². The van der Waals surface area contributed by atoms with Gasteiger partial charge in [-0.1, -0.05) is 13.8 Å². The quantitative estimate of drug-likeness (QED) is 0.893. The first kappa shape index (κ1) is 13.1. The largest absolute Gasteiger partial charge is 0.475 e. The predicted octanol–water partition coefficient (Wildman–Crippen LogP) is 2.81. The molecule has 0 radical (unpaired) electrons. The Morgan fingerprint density at radius 2 is 2.22 bits per heavy atom. The van der Waals surface area contributed by atoms with Gasteiger partial charge in [0.25, 0.3) is 0 Å². The molecular formula is C13H19NO4. The maximum absolute atomic E-state index is 11.1. The Labute approximate surface area is 106 Å². The van der Waals surface area contributed by atoms with Gasteiger partial charge in [-0.05, 0) is 32.1 Å². The number of rotatable bonds is 4. The first-order valence-corrected chi connectivity index (χ1v) is 6.35. The molecule has 100 valence electrons. The fourth-order valence-electron chi connectivity index (χ4n) is 2.18. The van der Waals surface area contributed by atoms with Gasteiger partial charge >= 0.3 is 5.97 Å². The van der Waals surface area contributed by atoms with Crippen LogP contribution in [-0.2, 0) is 11.2 Å². The van der Waals surface area contributed by atoms with Crippen LogP contribution in [-0.4, -0.2) is 22.2 Å². The summed E-state index contributed by atoms with van der Waals surface area (Å²) in [6, 6.07) is 0. The lowest BCUT2D eigenvalue weighted by molar-refractivity contribution is 0.0372. The molecule has 2 heterocycles. The van der Waals surface area contributed by atoms with Crippen LogP contribution < -0.4 is 0 Å². The maximum Gasteiger partial charge on any atom is 0.373 e. The van der Waals surface area contributed by atoms with Gasteiger partial charge in [-0.3, -0.25) is 0 Å². The summed E-state index contributed by atoms with van der Waals surface area (Å²) in [5.41, 5.74) is 0.524. The number of ether oxygens (including phenoxy) is 1. The van der Waals surface area contributed by atoms with E-state index in [-0.39, 0.29) is 18.0 Å². The molecule has 0 aliphatic carbocycles. The predicted molar refractivity (Wildman–Crippen MR) is 64.5 cm³/mol. The van der Waals surface area contributed by atoms with E-state index in [0.29, 0.717) is 23.9 Å². The molecule has 0 amide bonds. The number of carboxylic acid groups (broad SMARTS) is 1. The molecule has 1 aliphatic heterocycles. The molecule has 0 spiro atoms. The van der Waals surface area contributed by atoms with Gasteiger partial charge < -0.3 is 14.3 Å². The van der Waals surface area contributed by atoms with Crippen LogP contribution in [0.1, 0.15) is 61.9 Å². The molecule has 18 heavy (non-hydrogen) atoms. The summed E-state index contributed by atoms with van der Waals surface area (Å²) in [6.45, 7) is 6.04. The molecule has 1 aliphatic rings. The summed E-state index contributed by atoms with van der Waals surface area (Å²) < 4.78 is 11.0. The van der Waals surface area contributed by atoms with E-state index in [1.165, 1.54) is 0 Å². The van der Waals surface area contributed by atoms with E-state index < -0.39 is 5.97 Å². The van der Waals surface area contributed by atoms with Crippen LogP contribution in [0.5, 0.6) is 0 Å². The van der Waals surface area contributed by atoms with E-state index in [1.54, 1.807) is 0 Å². The molecule has 5 heteroatoms. The minimum Gasteiger partial charge on any atom is -0.475 e. The second kappa shape index (κ2) is 5.10. The van der Waals surface area contributed by atoms with Crippen molar-refractivity contribution >= 4 is 5.97 Å². The second-order valence-electron chi connectivity index (χ2n) is 5.24. The van der Waals surface area contributed by atoms with Gasteiger partial charge in [0.1, 0.15) is 6.10 Å². The SMILES string of the molecule is CC(C)Cc1nc(C2CCC(C)O2)oc1C(=O)O. The molecule has 2 rings (SSSR count). The Hall–Kier alpha value is -1.36. The molecule has 1 saturated heterocycles. The summed E-state index contributed by atoms with van der Waals surface area (Å²) in [5, 5.41) is 9.11. The summed E-state index contributed by atoms with van der Waals surface area (Å²) in [7, 11) is 0. The Balaban J connectivity index is 2.24. The van der Waals surface area contributed by atoms with Gasteiger partial charge in [-0.2, -0.15) is 0 Å². The molecule has 1 aromatic rings. The summed E-state index contributed by atoms with van der Waals surface area (Å²) in [5.74, 6) is -0.353. The molecule has 2 atom stereocenters. The van der Waals surface area contributed by atoms with Crippen molar-refractivity contribution in [2.75, 3.05) is 0 Å². The van der Waals surface area contributed by atoms with E-state index in [4.69, 9.17) is 14.3 Å². The molecule has 2 unspecified atom stereocenters. The van der Waals surface area contributed by atoms with Gasteiger partial charge in [0.05, 0.1) is 11.8 Å². The van der Waals surface area contributed by atoms with Crippen LogP contribution in [0.3, 0.4) is 0 Å². The third-order valence-electron chi connectivity index (χ3n) is 3.02. The van der Waals surface area contributed by atoms with Crippen molar-refractivity contribution in [3.63, 3.8) is 0 Å². The van der Waals surface area contributed by atoms with Crippen molar-refractivity contribution < 1.29 is 19.1 Å². The topological polar surface area (TPSA) is 72.6 Å². The van der Waals surface area contributed by atoms with Crippen molar-refractivity contribution in [3.8, 4) is 0 Å². The fraction of sp³-hybridized carbons (Fsp3) is 0.692. The minimum atomic E-state index is -1.06. The zero-order chi connectivity index (χ0) is 13.3. The van der Waals surface area contributed by atoms with Crippen LogP contribution in [0.25, 0.3) is 0 Å². The van der Waals surface area contributed by atoms with Crippen LogP contribution in [0.4, 0.5) is 0 Å². The minimum absolute atomic E-state index is 0.0400. The monoisotopic (exact) mass is 253 g/mol. The second-order valence-corrected chi connectivity index (χ2v) is 5.24. The van der Waals surface area contributed by atoms with E-state index in [0.717, 1.165) is 12.8 Å². The number of carboxylic acids is 1. The molecule has 1 aromatic heterocycles. The van der Waals surface area contributed by atoms with Crippen LogP contribution in [0.2, 0.25) is 0 Å². The molecule has 5 nitrogen and oxygen atoms in total.